The Hall–Kier alpha value is -2.96. The molecule has 0 fully saturated rings. The van der Waals surface area contributed by atoms with Gasteiger partial charge in [0.25, 0.3) is 0 Å². The highest BCUT2D eigenvalue weighted by Crippen LogP contribution is 2.22. The third kappa shape index (κ3) is 7.18. The SMILES string of the molecule is CN=C(NCC(=O)N(C)CCc1ccccn1)NCC(C)(C)c1cccc(F)c1. The molecule has 1 aromatic carbocycles. The first-order chi connectivity index (χ1) is 13.8. The fourth-order valence-electron chi connectivity index (χ4n) is 2.78. The summed E-state index contributed by atoms with van der Waals surface area (Å²) in [6, 6.07) is 12.3. The predicted octanol–water partition coefficient (Wildman–Crippen LogP) is 2.36. The van der Waals surface area contributed by atoms with Gasteiger partial charge in [-0.15, -0.1) is 0 Å². The van der Waals surface area contributed by atoms with E-state index in [-0.39, 0.29) is 23.7 Å². The predicted molar refractivity (Wildman–Crippen MR) is 114 cm³/mol. The number of amides is 1. The molecular weight excluding hydrogens is 369 g/mol. The van der Waals surface area contributed by atoms with Crippen LogP contribution in [0.25, 0.3) is 0 Å². The Labute approximate surface area is 172 Å². The smallest absolute Gasteiger partial charge is 0.241 e. The lowest BCUT2D eigenvalue weighted by Crippen LogP contribution is -2.47. The van der Waals surface area contributed by atoms with Crippen LogP contribution in [0.15, 0.2) is 53.7 Å². The second-order valence-corrected chi connectivity index (χ2v) is 7.56. The molecular formula is C22H30FN5O. The van der Waals surface area contributed by atoms with Gasteiger partial charge in [-0.1, -0.05) is 32.0 Å². The van der Waals surface area contributed by atoms with Crippen LogP contribution in [0.1, 0.15) is 25.1 Å². The number of guanidine groups is 1. The van der Waals surface area contributed by atoms with Crippen LogP contribution >= 0.6 is 0 Å². The molecule has 1 aromatic heterocycles. The van der Waals surface area contributed by atoms with E-state index < -0.39 is 0 Å². The molecule has 156 valence electrons. The van der Waals surface area contributed by atoms with Crippen molar-refractivity contribution >= 4 is 11.9 Å². The maximum absolute atomic E-state index is 13.5. The number of halogens is 1. The Kier molecular flexibility index (Phi) is 8.12. The molecule has 0 aliphatic rings. The molecule has 29 heavy (non-hydrogen) atoms. The van der Waals surface area contributed by atoms with Crippen LogP contribution in [0.5, 0.6) is 0 Å². The minimum Gasteiger partial charge on any atom is -0.356 e. The summed E-state index contributed by atoms with van der Waals surface area (Å²) < 4.78 is 13.5. The first kappa shape index (κ1) is 22.3. The van der Waals surface area contributed by atoms with Crippen LogP contribution in [0, 0.1) is 5.82 Å². The summed E-state index contributed by atoms with van der Waals surface area (Å²) in [5.74, 6) is 0.242. The van der Waals surface area contributed by atoms with E-state index in [2.05, 4.69) is 20.6 Å². The zero-order valence-corrected chi connectivity index (χ0v) is 17.6. The number of carbonyl (C=O) groups excluding carboxylic acids is 1. The molecule has 1 amide bonds. The van der Waals surface area contributed by atoms with Crippen molar-refractivity contribution in [2.24, 2.45) is 4.99 Å². The van der Waals surface area contributed by atoms with Crippen LogP contribution in [0.2, 0.25) is 0 Å². The van der Waals surface area contributed by atoms with Gasteiger partial charge in [0.1, 0.15) is 5.82 Å². The summed E-state index contributed by atoms with van der Waals surface area (Å²) in [6.45, 7) is 5.33. The third-order valence-corrected chi connectivity index (χ3v) is 4.79. The molecule has 0 aliphatic heterocycles. The highest BCUT2D eigenvalue weighted by Gasteiger charge is 2.21. The van der Waals surface area contributed by atoms with Gasteiger partial charge in [0, 0.05) is 50.9 Å². The van der Waals surface area contributed by atoms with E-state index in [0.717, 1.165) is 11.3 Å². The second kappa shape index (κ2) is 10.5. The summed E-state index contributed by atoms with van der Waals surface area (Å²) in [5.41, 5.74) is 1.55. The second-order valence-electron chi connectivity index (χ2n) is 7.56. The topological polar surface area (TPSA) is 69.6 Å². The number of aromatic nitrogens is 1. The normalized spacial score (nSPS) is 11.8. The van der Waals surface area contributed by atoms with Crippen molar-refractivity contribution in [1.29, 1.82) is 0 Å². The molecule has 2 rings (SSSR count). The van der Waals surface area contributed by atoms with Crippen LogP contribution in [-0.2, 0) is 16.6 Å². The summed E-state index contributed by atoms with van der Waals surface area (Å²) in [6.07, 6.45) is 2.46. The first-order valence-electron chi connectivity index (χ1n) is 9.66. The van der Waals surface area contributed by atoms with Gasteiger partial charge in [0.05, 0.1) is 6.54 Å². The van der Waals surface area contributed by atoms with Crippen LogP contribution in [0.4, 0.5) is 4.39 Å². The number of likely N-dealkylation sites (N-methyl/N-ethyl adjacent to an activating group) is 1. The molecule has 2 N–H and O–H groups in total. The number of benzene rings is 1. The van der Waals surface area contributed by atoms with E-state index in [1.807, 2.05) is 38.1 Å². The lowest BCUT2D eigenvalue weighted by Gasteiger charge is -2.27. The molecule has 0 atom stereocenters. The number of hydrogen-bond acceptors (Lipinski definition) is 3. The van der Waals surface area contributed by atoms with Gasteiger partial charge in [-0.2, -0.15) is 0 Å². The molecule has 7 heteroatoms. The number of carbonyl (C=O) groups is 1. The quantitative estimate of drug-likeness (QED) is 0.528. The average molecular weight is 400 g/mol. The number of pyridine rings is 1. The Bertz CT molecular complexity index is 823. The fraction of sp³-hybridized carbons (Fsp3) is 0.409. The van der Waals surface area contributed by atoms with Crippen LogP contribution < -0.4 is 10.6 Å². The van der Waals surface area contributed by atoms with E-state index in [4.69, 9.17) is 0 Å². The highest BCUT2D eigenvalue weighted by atomic mass is 19.1. The Morgan fingerprint density at radius 2 is 2.00 bits per heavy atom. The standard InChI is InChI=1S/C22H30FN5O/c1-22(2,17-8-7-9-18(23)14-17)16-27-21(24-3)26-15-20(29)28(4)13-11-19-10-5-6-12-25-19/h5-10,12,14H,11,13,15-16H2,1-4H3,(H2,24,26,27). The van der Waals surface area contributed by atoms with Gasteiger partial charge in [0.2, 0.25) is 5.91 Å². The average Bonchev–Trinajstić information content (AvgIpc) is 2.72. The van der Waals surface area contributed by atoms with Crippen molar-refractivity contribution in [3.05, 3.63) is 65.7 Å². The van der Waals surface area contributed by atoms with E-state index in [9.17, 15) is 9.18 Å². The van der Waals surface area contributed by atoms with Crippen molar-refractivity contribution in [3.8, 4) is 0 Å². The molecule has 0 bridgehead atoms. The number of rotatable bonds is 8. The number of aliphatic imine (C=N–C) groups is 1. The molecule has 6 nitrogen and oxygen atoms in total. The lowest BCUT2D eigenvalue weighted by atomic mass is 9.84. The third-order valence-electron chi connectivity index (χ3n) is 4.79. The van der Waals surface area contributed by atoms with Gasteiger partial charge in [-0.25, -0.2) is 4.39 Å². The number of hydrogen-bond donors (Lipinski definition) is 2. The summed E-state index contributed by atoms with van der Waals surface area (Å²) in [7, 11) is 3.43. The Morgan fingerprint density at radius 3 is 2.66 bits per heavy atom. The minimum absolute atomic E-state index is 0.0340. The van der Waals surface area contributed by atoms with Gasteiger partial charge < -0.3 is 15.5 Å². The maximum Gasteiger partial charge on any atom is 0.241 e. The van der Waals surface area contributed by atoms with Crippen LogP contribution in [-0.4, -0.2) is 55.5 Å². The van der Waals surface area contributed by atoms with E-state index in [0.29, 0.717) is 25.5 Å². The zero-order valence-electron chi connectivity index (χ0n) is 17.6. The number of nitrogens with zero attached hydrogens (tertiary/aromatic N) is 3. The van der Waals surface area contributed by atoms with Gasteiger partial charge >= 0.3 is 0 Å². The fourth-order valence-corrected chi connectivity index (χ4v) is 2.78. The zero-order chi connectivity index (χ0) is 21.3. The first-order valence-corrected chi connectivity index (χ1v) is 9.66. The summed E-state index contributed by atoms with van der Waals surface area (Å²) in [5, 5.41) is 6.26. The summed E-state index contributed by atoms with van der Waals surface area (Å²) in [4.78, 5) is 22.5. The van der Waals surface area contributed by atoms with E-state index >= 15 is 0 Å². The van der Waals surface area contributed by atoms with Crippen molar-refractivity contribution in [2.75, 3.05) is 33.7 Å². The minimum atomic E-state index is -0.302. The van der Waals surface area contributed by atoms with Crippen molar-refractivity contribution < 1.29 is 9.18 Å². The Morgan fingerprint density at radius 1 is 1.21 bits per heavy atom. The molecule has 0 unspecified atom stereocenters. The largest absolute Gasteiger partial charge is 0.356 e. The highest BCUT2D eigenvalue weighted by molar-refractivity contribution is 5.86. The molecule has 0 aliphatic carbocycles. The molecule has 0 saturated carbocycles. The molecule has 0 saturated heterocycles. The van der Waals surface area contributed by atoms with Gasteiger partial charge in [-0.3, -0.25) is 14.8 Å². The van der Waals surface area contributed by atoms with Gasteiger partial charge in [0.15, 0.2) is 5.96 Å². The van der Waals surface area contributed by atoms with Crippen molar-refractivity contribution in [3.63, 3.8) is 0 Å². The maximum atomic E-state index is 13.5. The molecule has 0 spiro atoms. The number of nitrogens with one attached hydrogen (secondary N) is 2. The van der Waals surface area contributed by atoms with Crippen molar-refractivity contribution in [2.45, 2.75) is 25.7 Å². The lowest BCUT2D eigenvalue weighted by molar-refractivity contribution is -0.128. The van der Waals surface area contributed by atoms with Crippen LogP contribution in [0.3, 0.4) is 0 Å². The Balaban J connectivity index is 1.79. The summed E-state index contributed by atoms with van der Waals surface area (Å²) >= 11 is 0. The van der Waals surface area contributed by atoms with Crippen molar-refractivity contribution in [1.82, 2.24) is 20.5 Å². The molecule has 1 heterocycles. The van der Waals surface area contributed by atoms with E-state index in [1.54, 1.807) is 31.3 Å². The monoisotopic (exact) mass is 399 g/mol. The van der Waals surface area contributed by atoms with Gasteiger partial charge in [-0.05, 0) is 29.8 Å². The molecule has 2 aromatic rings. The van der Waals surface area contributed by atoms with E-state index in [1.165, 1.54) is 12.1 Å². The molecule has 0 radical (unpaired) electrons.